The van der Waals surface area contributed by atoms with Crippen molar-refractivity contribution in [1.82, 2.24) is 4.90 Å². The first kappa shape index (κ1) is 13.4. The molecular formula is C13H17BrN2O2. The van der Waals surface area contributed by atoms with Gasteiger partial charge in [0.25, 0.3) is 0 Å². The van der Waals surface area contributed by atoms with Crippen LogP contribution in [0.3, 0.4) is 0 Å². The number of carbonyl (C=O) groups is 1. The van der Waals surface area contributed by atoms with Crippen LogP contribution in [-0.2, 0) is 4.74 Å². The number of hydrogen-bond acceptors (Lipinski definition) is 2. The van der Waals surface area contributed by atoms with Crippen LogP contribution >= 0.6 is 15.9 Å². The number of amides is 2. The Hall–Kier alpha value is -1.07. The van der Waals surface area contributed by atoms with E-state index < -0.39 is 0 Å². The summed E-state index contributed by atoms with van der Waals surface area (Å²) in [4.78, 5) is 15.8. The van der Waals surface area contributed by atoms with E-state index >= 15 is 0 Å². The fraction of sp³-hybridized carbons (Fsp3) is 0.462. The summed E-state index contributed by atoms with van der Waals surface area (Å²) >= 11 is 3.40. The van der Waals surface area contributed by atoms with Crippen LogP contribution in [0.2, 0.25) is 0 Å². The fourth-order valence-corrected chi connectivity index (χ4v) is 2.45. The summed E-state index contributed by atoms with van der Waals surface area (Å²) in [6.45, 7) is 1.34. The highest BCUT2D eigenvalue weighted by molar-refractivity contribution is 9.10. The summed E-state index contributed by atoms with van der Waals surface area (Å²) in [6.07, 6.45) is 0.923. The molecule has 5 heteroatoms. The summed E-state index contributed by atoms with van der Waals surface area (Å²) in [5, 5.41) is 0. The van der Waals surface area contributed by atoms with Crippen molar-refractivity contribution in [3.05, 3.63) is 28.7 Å². The SMILES string of the molecule is COC[C@@H]1CCN(C)C(=O)N1c1ccc(Br)cc1. The topological polar surface area (TPSA) is 32.8 Å². The lowest BCUT2D eigenvalue weighted by atomic mass is 10.1. The standard InChI is InChI=1S/C13H17BrN2O2/c1-15-8-7-12(9-18-2)16(13(15)17)11-5-3-10(14)4-6-11/h3-6,12H,7-9H2,1-2H3/t12-/m0/s1. The Morgan fingerprint density at radius 1 is 1.39 bits per heavy atom. The van der Waals surface area contributed by atoms with E-state index in [1.165, 1.54) is 0 Å². The van der Waals surface area contributed by atoms with Crippen molar-refractivity contribution in [1.29, 1.82) is 0 Å². The van der Waals surface area contributed by atoms with Gasteiger partial charge in [0.2, 0.25) is 0 Å². The van der Waals surface area contributed by atoms with Crippen LogP contribution < -0.4 is 4.90 Å². The average molecular weight is 313 g/mol. The van der Waals surface area contributed by atoms with Crippen molar-refractivity contribution >= 4 is 27.6 Å². The molecule has 1 aromatic rings. The van der Waals surface area contributed by atoms with Gasteiger partial charge in [0.05, 0.1) is 12.6 Å². The molecule has 0 N–H and O–H groups in total. The molecule has 1 aliphatic rings. The van der Waals surface area contributed by atoms with Gasteiger partial charge in [0.15, 0.2) is 0 Å². The summed E-state index contributed by atoms with van der Waals surface area (Å²) < 4.78 is 6.23. The minimum absolute atomic E-state index is 0.0330. The largest absolute Gasteiger partial charge is 0.383 e. The Labute approximate surface area is 116 Å². The predicted molar refractivity (Wildman–Crippen MR) is 74.9 cm³/mol. The van der Waals surface area contributed by atoms with E-state index in [9.17, 15) is 4.79 Å². The van der Waals surface area contributed by atoms with Gasteiger partial charge in [-0.05, 0) is 30.7 Å². The molecule has 0 unspecified atom stereocenters. The molecule has 1 atom stereocenters. The minimum atomic E-state index is 0.0330. The number of urea groups is 1. The van der Waals surface area contributed by atoms with Gasteiger partial charge >= 0.3 is 6.03 Å². The maximum Gasteiger partial charge on any atom is 0.324 e. The lowest BCUT2D eigenvalue weighted by molar-refractivity contribution is 0.149. The second-order valence-electron chi connectivity index (χ2n) is 4.45. The number of ether oxygens (including phenoxy) is 1. The van der Waals surface area contributed by atoms with E-state index in [-0.39, 0.29) is 12.1 Å². The summed E-state index contributed by atoms with van der Waals surface area (Å²) in [5.74, 6) is 0. The Kier molecular flexibility index (Phi) is 4.24. The maximum absolute atomic E-state index is 12.3. The lowest BCUT2D eigenvalue weighted by Crippen LogP contribution is -2.54. The number of anilines is 1. The van der Waals surface area contributed by atoms with Gasteiger partial charge in [-0.25, -0.2) is 4.79 Å². The molecule has 2 rings (SSSR count). The first-order valence-corrected chi connectivity index (χ1v) is 6.71. The number of methoxy groups -OCH3 is 1. The van der Waals surface area contributed by atoms with Gasteiger partial charge in [-0.3, -0.25) is 4.90 Å². The number of nitrogens with zero attached hydrogens (tertiary/aromatic N) is 2. The number of benzene rings is 1. The highest BCUT2D eigenvalue weighted by atomic mass is 79.9. The zero-order chi connectivity index (χ0) is 13.1. The molecule has 4 nitrogen and oxygen atoms in total. The molecule has 1 aliphatic heterocycles. The second kappa shape index (κ2) is 5.71. The molecule has 0 saturated carbocycles. The Balaban J connectivity index is 2.28. The number of halogens is 1. The van der Waals surface area contributed by atoms with Crippen molar-refractivity contribution in [3.8, 4) is 0 Å². The molecule has 0 spiro atoms. The van der Waals surface area contributed by atoms with Gasteiger partial charge < -0.3 is 9.64 Å². The molecule has 1 aromatic carbocycles. The molecule has 18 heavy (non-hydrogen) atoms. The quantitative estimate of drug-likeness (QED) is 0.859. The predicted octanol–water partition coefficient (Wildman–Crippen LogP) is 2.73. The molecule has 2 amide bonds. The van der Waals surface area contributed by atoms with Gasteiger partial charge in [-0.1, -0.05) is 15.9 Å². The van der Waals surface area contributed by atoms with Crippen molar-refractivity contribution in [2.45, 2.75) is 12.5 Å². The number of rotatable bonds is 3. The third-order valence-corrected chi connectivity index (χ3v) is 3.69. The average Bonchev–Trinajstić information content (AvgIpc) is 2.36. The van der Waals surface area contributed by atoms with Gasteiger partial charge in [-0.15, -0.1) is 0 Å². The third-order valence-electron chi connectivity index (χ3n) is 3.16. The van der Waals surface area contributed by atoms with Crippen molar-refractivity contribution < 1.29 is 9.53 Å². The Morgan fingerprint density at radius 3 is 2.67 bits per heavy atom. The summed E-state index contributed by atoms with van der Waals surface area (Å²) in [7, 11) is 3.50. The summed E-state index contributed by atoms with van der Waals surface area (Å²) in [6, 6.07) is 7.93. The monoisotopic (exact) mass is 312 g/mol. The van der Waals surface area contributed by atoms with Gasteiger partial charge in [0.1, 0.15) is 0 Å². The van der Waals surface area contributed by atoms with Crippen LogP contribution in [0.25, 0.3) is 0 Å². The van der Waals surface area contributed by atoms with Gasteiger partial charge in [0, 0.05) is 30.9 Å². The maximum atomic E-state index is 12.3. The van der Waals surface area contributed by atoms with Crippen molar-refractivity contribution in [2.75, 3.05) is 32.2 Å². The van der Waals surface area contributed by atoms with E-state index in [2.05, 4.69) is 15.9 Å². The highest BCUT2D eigenvalue weighted by Gasteiger charge is 2.32. The van der Waals surface area contributed by atoms with Crippen LogP contribution in [0.5, 0.6) is 0 Å². The van der Waals surface area contributed by atoms with Crippen molar-refractivity contribution in [3.63, 3.8) is 0 Å². The molecule has 0 radical (unpaired) electrons. The first-order valence-electron chi connectivity index (χ1n) is 5.92. The van der Waals surface area contributed by atoms with E-state index in [1.807, 2.05) is 36.2 Å². The molecule has 0 bridgehead atoms. The Morgan fingerprint density at radius 2 is 2.06 bits per heavy atom. The molecule has 1 heterocycles. The van der Waals surface area contributed by atoms with E-state index in [4.69, 9.17) is 4.74 Å². The molecule has 1 fully saturated rings. The lowest BCUT2D eigenvalue weighted by Gasteiger charge is -2.39. The van der Waals surface area contributed by atoms with E-state index in [0.717, 1.165) is 23.1 Å². The second-order valence-corrected chi connectivity index (χ2v) is 5.36. The smallest absolute Gasteiger partial charge is 0.324 e. The van der Waals surface area contributed by atoms with Crippen molar-refractivity contribution in [2.24, 2.45) is 0 Å². The van der Waals surface area contributed by atoms with Crippen LogP contribution in [-0.4, -0.2) is 44.3 Å². The zero-order valence-electron chi connectivity index (χ0n) is 10.6. The summed E-state index contributed by atoms with van der Waals surface area (Å²) in [5.41, 5.74) is 0.914. The highest BCUT2D eigenvalue weighted by Crippen LogP contribution is 2.25. The molecular weight excluding hydrogens is 296 g/mol. The zero-order valence-corrected chi connectivity index (χ0v) is 12.2. The molecule has 0 aliphatic carbocycles. The first-order chi connectivity index (χ1) is 8.63. The number of hydrogen-bond donors (Lipinski definition) is 0. The van der Waals surface area contributed by atoms with Crippen LogP contribution in [0, 0.1) is 0 Å². The Bertz CT molecular complexity index is 422. The van der Waals surface area contributed by atoms with Crippen LogP contribution in [0.4, 0.5) is 10.5 Å². The normalized spacial score (nSPS) is 20.4. The molecule has 0 aromatic heterocycles. The van der Waals surface area contributed by atoms with E-state index in [1.54, 1.807) is 12.0 Å². The van der Waals surface area contributed by atoms with Gasteiger partial charge in [-0.2, -0.15) is 0 Å². The van der Waals surface area contributed by atoms with E-state index in [0.29, 0.717) is 6.61 Å². The van der Waals surface area contributed by atoms with Crippen LogP contribution in [0.1, 0.15) is 6.42 Å². The molecule has 98 valence electrons. The minimum Gasteiger partial charge on any atom is -0.383 e. The fourth-order valence-electron chi connectivity index (χ4n) is 2.18. The molecule has 1 saturated heterocycles. The van der Waals surface area contributed by atoms with Crippen LogP contribution in [0.15, 0.2) is 28.7 Å². The number of carbonyl (C=O) groups excluding carboxylic acids is 1. The third kappa shape index (κ3) is 2.67.